The van der Waals surface area contributed by atoms with Crippen LogP contribution in [0.4, 0.5) is 5.82 Å². The van der Waals surface area contributed by atoms with Gasteiger partial charge in [-0.3, -0.25) is 9.69 Å². The monoisotopic (exact) mass is 415 g/mol. The number of aromatic nitrogens is 2. The summed E-state index contributed by atoms with van der Waals surface area (Å²) in [5, 5.41) is 4.35. The van der Waals surface area contributed by atoms with Crippen LogP contribution in [-0.2, 0) is 11.3 Å². The Labute approximate surface area is 173 Å². The van der Waals surface area contributed by atoms with Gasteiger partial charge in [-0.15, -0.1) is 11.3 Å². The molecule has 1 amide bonds. The fraction of sp³-hybridized carbons (Fsp3) is 0.450. The molecule has 0 spiro atoms. The molecular formula is C20H25N5O3S. The van der Waals surface area contributed by atoms with Gasteiger partial charge in [0.05, 0.1) is 36.3 Å². The van der Waals surface area contributed by atoms with Gasteiger partial charge in [-0.05, 0) is 24.6 Å². The van der Waals surface area contributed by atoms with Crippen molar-refractivity contribution in [1.29, 1.82) is 0 Å². The van der Waals surface area contributed by atoms with Crippen molar-refractivity contribution in [1.82, 2.24) is 19.8 Å². The minimum absolute atomic E-state index is 0.0406. The second-order valence-corrected chi connectivity index (χ2v) is 8.08. The number of fused-ring (bicyclic) bond motifs is 1. The average molecular weight is 416 g/mol. The molecule has 0 bridgehead atoms. The van der Waals surface area contributed by atoms with Crippen LogP contribution >= 0.6 is 11.3 Å². The molecule has 1 aliphatic heterocycles. The van der Waals surface area contributed by atoms with E-state index in [2.05, 4.69) is 20.2 Å². The number of carbonyl (C=O) groups excluding carboxylic acids is 1. The van der Waals surface area contributed by atoms with Crippen LogP contribution in [0.2, 0.25) is 0 Å². The molecule has 1 N–H and O–H groups in total. The number of hydrogen-bond acceptors (Lipinski definition) is 8. The summed E-state index contributed by atoms with van der Waals surface area (Å²) >= 11 is 1.41. The number of furan rings is 1. The molecule has 4 rings (SSSR count). The Balaban J connectivity index is 1.49. The van der Waals surface area contributed by atoms with E-state index >= 15 is 0 Å². The number of thiophene rings is 1. The van der Waals surface area contributed by atoms with Crippen LogP contribution in [0.15, 0.2) is 29.1 Å². The molecule has 0 radical (unpaired) electrons. The van der Waals surface area contributed by atoms with Gasteiger partial charge < -0.3 is 19.4 Å². The summed E-state index contributed by atoms with van der Waals surface area (Å²) in [6, 6.07) is 3.69. The molecule has 0 aromatic carbocycles. The molecule has 1 saturated heterocycles. The van der Waals surface area contributed by atoms with Crippen LogP contribution in [-0.4, -0.2) is 72.1 Å². The summed E-state index contributed by atoms with van der Waals surface area (Å²) in [4.78, 5) is 27.4. The van der Waals surface area contributed by atoms with Crippen LogP contribution in [0.5, 0.6) is 0 Å². The third kappa shape index (κ3) is 4.42. The summed E-state index contributed by atoms with van der Waals surface area (Å²) < 4.78 is 10.7. The number of nitrogens with one attached hydrogen (secondary N) is 1. The Hall–Kier alpha value is -2.49. The van der Waals surface area contributed by atoms with E-state index < -0.39 is 0 Å². The van der Waals surface area contributed by atoms with Crippen molar-refractivity contribution in [2.24, 2.45) is 0 Å². The van der Waals surface area contributed by atoms with Gasteiger partial charge in [0.1, 0.15) is 22.7 Å². The van der Waals surface area contributed by atoms with Crippen LogP contribution in [0.25, 0.3) is 10.2 Å². The quantitative estimate of drug-likeness (QED) is 0.635. The van der Waals surface area contributed by atoms with E-state index in [-0.39, 0.29) is 5.91 Å². The first kappa shape index (κ1) is 19.8. The predicted molar refractivity (Wildman–Crippen MR) is 112 cm³/mol. The summed E-state index contributed by atoms with van der Waals surface area (Å²) in [6.45, 7) is 7.59. The van der Waals surface area contributed by atoms with Crippen molar-refractivity contribution >= 4 is 33.3 Å². The molecular weight excluding hydrogens is 390 g/mol. The Morgan fingerprint density at radius 3 is 2.93 bits per heavy atom. The molecule has 1 aliphatic rings. The molecule has 3 aromatic rings. The first-order valence-electron chi connectivity index (χ1n) is 9.69. The van der Waals surface area contributed by atoms with Crippen LogP contribution < -0.4 is 5.32 Å². The maximum absolute atomic E-state index is 13.0. The zero-order valence-corrected chi connectivity index (χ0v) is 17.5. The van der Waals surface area contributed by atoms with Crippen LogP contribution in [0.3, 0.4) is 0 Å². The van der Waals surface area contributed by atoms with Gasteiger partial charge in [0.15, 0.2) is 0 Å². The highest BCUT2D eigenvalue weighted by molar-refractivity contribution is 7.20. The number of morpholine rings is 1. The molecule has 8 nitrogen and oxygen atoms in total. The highest BCUT2D eigenvalue weighted by Crippen LogP contribution is 2.34. The predicted octanol–water partition coefficient (Wildman–Crippen LogP) is 2.61. The minimum Gasteiger partial charge on any atom is -0.467 e. The zero-order chi connectivity index (χ0) is 20.2. The standard InChI is InChI=1S/C20H25N5O3S/c1-14-16-18(21-5-6-25-7-10-27-11-8-25)22-13-23-19(16)29-17(14)20(26)24(2)12-15-4-3-9-28-15/h3-4,9,13H,5-8,10-12H2,1-2H3,(H,21,22,23). The lowest BCUT2D eigenvalue weighted by molar-refractivity contribution is 0.0398. The molecule has 1 fully saturated rings. The van der Waals surface area contributed by atoms with E-state index in [0.717, 1.165) is 66.8 Å². The SMILES string of the molecule is Cc1c(C(=O)N(C)Cc2ccco2)sc2ncnc(NCCN3CCOCC3)c12. The molecule has 9 heteroatoms. The molecule has 154 valence electrons. The van der Waals surface area contributed by atoms with Gasteiger partial charge in [-0.25, -0.2) is 9.97 Å². The second kappa shape index (κ2) is 8.89. The van der Waals surface area contributed by atoms with E-state index in [1.165, 1.54) is 11.3 Å². The van der Waals surface area contributed by atoms with Crippen LogP contribution in [0, 0.1) is 6.92 Å². The third-order valence-electron chi connectivity index (χ3n) is 5.07. The van der Waals surface area contributed by atoms with Crippen molar-refractivity contribution in [3.63, 3.8) is 0 Å². The number of ether oxygens (including phenoxy) is 1. The smallest absolute Gasteiger partial charge is 0.264 e. The van der Waals surface area contributed by atoms with E-state index in [1.807, 2.05) is 19.1 Å². The van der Waals surface area contributed by atoms with Crippen molar-refractivity contribution in [2.75, 3.05) is 51.8 Å². The third-order valence-corrected chi connectivity index (χ3v) is 6.25. The highest BCUT2D eigenvalue weighted by atomic mass is 32.1. The molecule has 3 aromatic heterocycles. The van der Waals surface area contributed by atoms with Crippen molar-refractivity contribution in [3.8, 4) is 0 Å². The number of rotatable bonds is 7. The Morgan fingerprint density at radius 2 is 2.17 bits per heavy atom. The summed E-state index contributed by atoms with van der Waals surface area (Å²) in [5.74, 6) is 1.50. The Bertz CT molecular complexity index is 966. The van der Waals surface area contributed by atoms with E-state index in [9.17, 15) is 4.79 Å². The van der Waals surface area contributed by atoms with Gasteiger partial charge >= 0.3 is 0 Å². The fourth-order valence-corrected chi connectivity index (χ4v) is 4.59. The molecule has 29 heavy (non-hydrogen) atoms. The van der Waals surface area contributed by atoms with E-state index in [0.29, 0.717) is 11.4 Å². The fourth-order valence-electron chi connectivity index (χ4n) is 3.45. The number of anilines is 1. The molecule has 0 saturated carbocycles. The first-order valence-corrected chi connectivity index (χ1v) is 10.5. The lowest BCUT2D eigenvalue weighted by Crippen LogP contribution is -2.39. The number of nitrogens with zero attached hydrogens (tertiary/aromatic N) is 4. The van der Waals surface area contributed by atoms with Crippen LogP contribution in [0.1, 0.15) is 21.0 Å². The van der Waals surface area contributed by atoms with Gasteiger partial charge in [-0.1, -0.05) is 0 Å². The van der Waals surface area contributed by atoms with Crippen molar-refractivity contribution in [3.05, 3.63) is 40.9 Å². The molecule has 0 aliphatic carbocycles. The van der Waals surface area contributed by atoms with E-state index in [1.54, 1.807) is 24.5 Å². The Kier molecular flexibility index (Phi) is 6.08. The minimum atomic E-state index is -0.0406. The second-order valence-electron chi connectivity index (χ2n) is 7.08. The van der Waals surface area contributed by atoms with Gasteiger partial charge in [0, 0.05) is 33.2 Å². The average Bonchev–Trinajstić information content (AvgIpc) is 3.36. The largest absolute Gasteiger partial charge is 0.467 e. The van der Waals surface area contributed by atoms with Crippen molar-refractivity contribution in [2.45, 2.75) is 13.5 Å². The maximum Gasteiger partial charge on any atom is 0.264 e. The maximum atomic E-state index is 13.0. The van der Waals surface area contributed by atoms with E-state index in [4.69, 9.17) is 9.15 Å². The van der Waals surface area contributed by atoms with Gasteiger partial charge in [0.25, 0.3) is 5.91 Å². The molecule has 4 heterocycles. The summed E-state index contributed by atoms with van der Waals surface area (Å²) in [7, 11) is 1.78. The lowest BCUT2D eigenvalue weighted by Gasteiger charge is -2.26. The number of amides is 1. The highest BCUT2D eigenvalue weighted by Gasteiger charge is 2.22. The molecule has 0 unspecified atom stereocenters. The number of hydrogen-bond donors (Lipinski definition) is 1. The van der Waals surface area contributed by atoms with Gasteiger partial charge in [-0.2, -0.15) is 0 Å². The zero-order valence-electron chi connectivity index (χ0n) is 16.7. The van der Waals surface area contributed by atoms with Crippen molar-refractivity contribution < 1.29 is 13.9 Å². The summed E-state index contributed by atoms with van der Waals surface area (Å²) in [5.41, 5.74) is 0.913. The van der Waals surface area contributed by atoms with Gasteiger partial charge in [0.2, 0.25) is 0 Å². The topological polar surface area (TPSA) is 83.7 Å². The number of aryl methyl sites for hydroxylation is 1. The number of carbonyl (C=O) groups is 1. The lowest BCUT2D eigenvalue weighted by atomic mass is 10.2. The summed E-state index contributed by atoms with van der Waals surface area (Å²) in [6.07, 6.45) is 3.17. The first-order chi connectivity index (χ1) is 14.1. The Morgan fingerprint density at radius 1 is 1.34 bits per heavy atom. The molecule has 0 atom stereocenters. The normalized spacial score (nSPS) is 15.0.